The standard InChI is InChI=1S/C10H7ClF4O3S/c1-5-2-7(12)6(3-8(5)19(11,17)18)4-9(16)10(13,14)15/h2-3H,4H2,1H3. The van der Waals surface area contributed by atoms with Gasteiger partial charge in [-0.15, -0.1) is 0 Å². The Morgan fingerprint density at radius 1 is 1.32 bits per heavy atom. The zero-order chi connectivity index (χ0) is 15.0. The lowest BCUT2D eigenvalue weighted by molar-refractivity contribution is -0.170. The van der Waals surface area contributed by atoms with Crippen molar-refractivity contribution in [2.75, 3.05) is 0 Å². The molecule has 0 unspecified atom stereocenters. The summed E-state index contributed by atoms with van der Waals surface area (Å²) in [5, 5.41) is 0. The summed E-state index contributed by atoms with van der Waals surface area (Å²) < 4.78 is 71.9. The molecule has 0 aromatic heterocycles. The molecule has 0 aliphatic heterocycles. The number of alkyl halides is 3. The van der Waals surface area contributed by atoms with Crippen LogP contribution in [0.25, 0.3) is 0 Å². The highest BCUT2D eigenvalue weighted by molar-refractivity contribution is 8.13. The third-order valence-electron chi connectivity index (χ3n) is 2.27. The molecule has 19 heavy (non-hydrogen) atoms. The van der Waals surface area contributed by atoms with E-state index in [4.69, 9.17) is 10.7 Å². The van der Waals surface area contributed by atoms with Gasteiger partial charge in [0.15, 0.2) is 0 Å². The molecule has 0 saturated heterocycles. The molecule has 1 rings (SSSR count). The molecule has 1 aromatic carbocycles. The monoisotopic (exact) mass is 318 g/mol. The van der Waals surface area contributed by atoms with E-state index in [0.717, 1.165) is 0 Å². The first-order valence-electron chi connectivity index (χ1n) is 4.76. The molecule has 1 aromatic rings. The fraction of sp³-hybridized carbons (Fsp3) is 0.300. The van der Waals surface area contributed by atoms with Gasteiger partial charge in [0, 0.05) is 17.1 Å². The molecule has 0 fully saturated rings. The van der Waals surface area contributed by atoms with Crippen LogP contribution in [0.4, 0.5) is 17.6 Å². The summed E-state index contributed by atoms with van der Waals surface area (Å²) in [7, 11) is 0.826. The van der Waals surface area contributed by atoms with Crippen LogP contribution in [-0.4, -0.2) is 20.4 Å². The third kappa shape index (κ3) is 3.90. The van der Waals surface area contributed by atoms with Crippen LogP contribution in [0.1, 0.15) is 11.1 Å². The summed E-state index contributed by atoms with van der Waals surface area (Å²) in [5.74, 6) is -3.27. The van der Waals surface area contributed by atoms with Crippen molar-refractivity contribution in [2.45, 2.75) is 24.4 Å². The molecule has 0 spiro atoms. The van der Waals surface area contributed by atoms with Crippen molar-refractivity contribution in [3.05, 3.63) is 29.1 Å². The molecule has 0 aliphatic carbocycles. The number of hydrogen-bond donors (Lipinski definition) is 0. The van der Waals surface area contributed by atoms with Gasteiger partial charge in [0.1, 0.15) is 5.82 Å². The minimum absolute atomic E-state index is 0.0595. The van der Waals surface area contributed by atoms with Crippen LogP contribution in [0.5, 0.6) is 0 Å². The second-order valence-electron chi connectivity index (χ2n) is 3.74. The van der Waals surface area contributed by atoms with E-state index in [9.17, 15) is 30.8 Å². The first kappa shape index (κ1) is 15.9. The van der Waals surface area contributed by atoms with E-state index in [2.05, 4.69) is 0 Å². The number of rotatable bonds is 3. The van der Waals surface area contributed by atoms with Gasteiger partial charge in [-0.05, 0) is 30.2 Å². The lowest BCUT2D eigenvalue weighted by Crippen LogP contribution is -2.25. The van der Waals surface area contributed by atoms with E-state index in [-0.39, 0.29) is 5.56 Å². The Bertz CT molecular complexity index is 622. The van der Waals surface area contributed by atoms with E-state index >= 15 is 0 Å². The maximum atomic E-state index is 13.4. The highest BCUT2D eigenvalue weighted by Gasteiger charge is 2.38. The van der Waals surface area contributed by atoms with E-state index in [0.29, 0.717) is 12.1 Å². The van der Waals surface area contributed by atoms with Crippen LogP contribution in [-0.2, 0) is 20.3 Å². The van der Waals surface area contributed by atoms with Gasteiger partial charge in [-0.2, -0.15) is 13.2 Å². The number of Topliss-reactive ketones (excluding diaryl/α,β-unsaturated/α-hetero) is 1. The average molecular weight is 319 g/mol. The maximum absolute atomic E-state index is 13.4. The number of halogens is 5. The highest BCUT2D eigenvalue weighted by Crippen LogP contribution is 2.25. The molecule has 106 valence electrons. The first-order chi connectivity index (χ1) is 8.43. The Kier molecular flexibility index (Phi) is 4.26. The second-order valence-corrected chi connectivity index (χ2v) is 6.28. The van der Waals surface area contributed by atoms with Gasteiger partial charge in [-0.25, -0.2) is 12.8 Å². The largest absolute Gasteiger partial charge is 0.450 e. The van der Waals surface area contributed by atoms with Crippen molar-refractivity contribution in [1.82, 2.24) is 0 Å². The maximum Gasteiger partial charge on any atom is 0.450 e. The van der Waals surface area contributed by atoms with Gasteiger partial charge in [0.25, 0.3) is 9.05 Å². The quantitative estimate of drug-likeness (QED) is 0.636. The predicted octanol–water partition coefficient (Wildman–Crippen LogP) is 2.74. The van der Waals surface area contributed by atoms with Crippen LogP contribution >= 0.6 is 10.7 Å². The minimum atomic E-state index is -5.11. The van der Waals surface area contributed by atoms with Crippen LogP contribution in [0.2, 0.25) is 0 Å². The molecule has 0 heterocycles. The van der Waals surface area contributed by atoms with Gasteiger partial charge in [0.05, 0.1) is 4.90 Å². The Hall–Kier alpha value is -1.15. The third-order valence-corrected chi connectivity index (χ3v) is 3.74. The molecular weight excluding hydrogens is 312 g/mol. The van der Waals surface area contributed by atoms with Crippen LogP contribution in [0.3, 0.4) is 0 Å². The summed E-state index contributed by atoms with van der Waals surface area (Å²) in [5.41, 5.74) is -0.733. The van der Waals surface area contributed by atoms with E-state index in [1.807, 2.05) is 0 Å². The summed E-state index contributed by atoms with van der Waals surface area (Å²) in [6, 6.07) is 1.35. The Morgan fingerprint density at radius 2 is 1.84 bits per heavy atom. The van der Waals surface area contributed by atoms with Crippen molar-refractivity contribution in [3.63, 3.8) is 0 Å². The van der Waals surface area contributed by atoms with Crippen molar-refractivity contribution in [2.24, 2.45) is 0 Å². The number of aryl methyl sites for hydroxylation is 1. The number of carbonyl (C=O) groups is 1. The molecule has 0 atom stereocenters. The zero-order valence-electron chi connectivity index (χ0n) is 9.38. The van der Waals surface area contributed by atoms with Crippen molar-refractivity contribution < 1.29 is 30.8 Å². The van der Waals surface area contributed by atoms with E-state index < -0.39 is 43.7 Å². The Balaban J connectivity index is 3.28. The smallest absolute Gasteiger partial charge is 0.289 e. The first-order valence-corrected chi connectivity index (χ1v) is 7.07. The summed E-state index contributed by atoms with van der Waals surface area (Å²) in [6.45, 7) is 1.23. The number of benzene rings is 1. The Labute approximate surface area is 110 Å². The molecule has 0 amide bonds. The second kappa shape index (κ2) is 5.09. The average Bonchev–Trinajstić information content (AvgIpc) is 2.18. The van der Waals surface area contributed by atoms with Gasteiger partial charge in [-0.3, -0.25) is 4.79 Å². The molecule has 0 bridgehead atoms. The van der Waals surface area contributed by atoms with Gasteiger partial charge < -0.3 is 0 Å². The lowest BCUT2D eigenvalue weighted by Gasteiger charge is -2.09. The van der Waals surface area contributed by atoms with E-state index in [1.54, 1.807) is 0 Å². The fourth-order valence-corrected chi connectivity index (χ4v) is 2.59. The number of ketones is 1. The van der Waals surface area contributed by atoms with Gasteiger partial charge in [0.2, 0.25) is 5.78 Å². The molecule has 0 saturated carbocycles. The van der Waals surface area contributed by atoms with Gasteiger partial charge in [-0.1, -0.05) is 0 Å². The topological polar surface area (TPSA) is 51.2 Å². The van der Waals surface area contributed by atoms with Crippen molar-refractivity contribution in [1.29, 1.82) is 0 Å². The summed E-state index contributed by atoms with van der Waals surface area (Å²) in [4.78, 5) is 10.2. The fourth-order valence-electron chi connectivity index (χ4n) is 1.37. The molecule has 3 nitrogen and oxygen atoms in total. The number of hydrogen-bond acceptors (Lipinski definition) is 3. The molecule has 0 N–H and O–H groups in total. The van der Waals surface area contributed by atoms with Crippen LogP contribution in [0.15, 0.2) is 17.0 Å². The lowest BCUT2D eigenvalue weighted by atomic mass is 10.1. The predicted molar refractivity (Wildman–Crippen MR) is 58.9 cm³/mol. The van der Waals surface area contributed by atoms with Crippen LogP contribution in [0, 0.1) is 12.7 Å². The van der Waals surface area contributed by atoms with Crippen LogP contribution < -0.4 is 0 Å². The SMILES string of the molecule is Cc1cc(F)c(CC(=O)C(F)(F)F)cc1S(=O)(=O)Cl. The minimum Gasteiger partial charge on any atom is -0.289 e. The van der Waals surface area contributed by atoms with Crippen molar-refractivity contribution >= 4 is 25.5 Å². The molecule has 0 radical (unpaired) electrons. The summed E-state index contributed by atoms with van der Waals surface area (Å²) >= 11 is 0. The highest BCUT2D eigenvalue weighted by atomic mass is 35.7. The zero-order valence-corrected chi connectivity index (χ0v) is 11.0. The van der Waals surface area contributed by atoms with Crippen molar-refractivity contribution in [3.8, 4) is 0 Å². The van der Waals surface area contributed by atoms with E-state index in [1.165, 1.54) is 6.92 Å². The Morgan fingerprint density at radius 3 is 2.26 bits per heavy atom. The van der Waals surface area contributed by atoms with Gasteiger partial charge >= 0.3 is 6.18 Å². The summed E-state index contributed by atoms with van der Waals surface area (Å²) in [6.07, 6.45) is -6.40. The molecule has 9 heteroatoms. The number of carbonyl (C=O) groups excluding carboxylic acids is 1. The molecular formula is C10H7ClF4O3S. The normalized spacial score (nSPS) is 12.5. The molecule has 0 aliphatic rings.